The fourth-order valence-electron chi connectivity index (χ4n) is 11.4. The molecule has 16 heteroatoms. The number of benzene rings is 5. The van der Waals surface area contributed by atoms with Crippen LogP contribution in [0.1, 0.15) is 129 Å². The number of rotatable bonds is 18. The van der Waals surface area contributed by atoms with Gasteiger partial charge < -0.3 is 46.6 Å². The van der Waals surface area contributed by atoms with Crippen LogP contribution in [0.3, 0.4) is 0 Å². The van der Waals surface area contributed by atoms with Crippen LogP contribution in [0.4, 0.5) is 0 Å². The molecule has 81 heavy (non-hydrogen) atoms. The van der Waals surface area contributed by atoms with Gasteiger partial charge in [-0.3, -0.25) is 33.6 Å². The molecule has 430 valence electrons. The first-order valence-corrected chi connectivity index (χ1v) is 28.7. The Morgan fingerprint density at radius 3 is 1.84 bits per heavy atom. The normalized spacial score (nSPS) is 19.5. The second-order valence-electron chi connectivity index (χ2n) is 24.6. The molecular formula is C65H83N9O7. The first-order chi connectivity index (χ1) is 38.5. The van der Waals surface area contributed by atoms with Gasteiger partial charge in [0.05, 0.1) is 24.2 Å². The zero-order chi connectivity index (χ0) is 58.3. The van der Waals surface area contributed by atoms with Crippen molar-refractivity contribution in [3.63, 3.8) is 0 Å². The van der Waals surface area contributed by atoms with Crippen LogP contribution in [-0.4, -0.2) is 132 Å². The van der Waals surface area contributed by atoms with E-state index >= 15 is 9.59 Å². The highest BCUT2D eigenvalue weighted by molar-refractivity contribution is 5.99. The van der Waals surface area contributed by atoms with Gasteiger partial charge in [0.1, 0.15) is 18.1 Å². The molecular weight excluding hydrogens is 1020 g/mol. The molecule has 5 aromatic rings. The third-order valence-electron chi connectivity index (χ3n) is 16.6. The van der Waals surface area contributed by atoms with E-state index in [2.05, 4.69) is 74.4 Å². The average Bonchev–Trinajstić information content (AvgIpc) is 4.08. The van der Waals surface area contributed by atoms with Crippen LogP contribution in [-0.2, 0) is 49.8 Å². The van der Waals surface area contributed by atoms with Gasteiger partial charge in [0.25, 0.3) is 11.8 Å². The summed E-state index contributed by atoms with van der Waals surface area (Å²) in [5, 5.41) is 20.4. The van der Waals surface area contributed by atoms with Crippen molar-refractivity contribution in [3.8, 4) is 0 Å². The monoisotopic (exact) mass is 1100 g/mol. The lowest BCUT2D eigenvalue weighted by atomic mass is 9.84. The van der Waals surface area contributed by atoms with Crippen LogP contribution >= 0.6 is 0 Å². The van der Waals surface area contributed by atoms with Crippen molar-refractivity contribution >= 4 is 52.1 Å². The number of fused-ring (bicyclic) bond motifs is 3. The molecule has 3 aliphatic rings. The highest BCUT2D eigenvalue weighted by Gasteiger charge is 2.47. The average molecular weight is 1100 g/mol. The number of likely N-dealkylation sites (N-methyl/N-ethyl adjacent to an activating group) is 2. The standard InChI is InChI=1S/C65H83N9O7/c1-40(66-9)57(75)70-55(64(3,4)5)62(80)73-37-49-22-14-13-21-48(49)35-51(73)39-72(33-32-42-26-27-43-18-11-12-20-47(43)34-42)61(79)46-30-28-45(29-31-46)59(77)68-50-36-54(60(78)69-53-25-17-23-44-19-15-16-24-52(44)53)74(38-50)63(81)56(65(6,7)8)71-58(76)41(2)67-10/h11-16,18-22,24,26-31,34,40-41,50-51,53-56,66-67H,17,23,25,32-33,35-39H2,1-10H3,(H,68,77)(H,69,78)(H,70,75)(H,71,76)/t40-,41-,50-,51-,53+,54-,55+,56+/m0/s1. The van der Waals surface area contributed by atoms with Crippen LogP contribution in [0.15, 0.2) is 115 Å². The molecule has 2 heterocycles. The lowest BCUT2D eigenvalue weighted by Crippen LogP contribution is -2.61. The highest BCUT2D eigenvalue weighted by Crippen LogP contribution is 2.33. The Morgan fingerprint density at radius 1 is 0.642 bits per heavy atom. The molecule has 8 rings (SSSR count). The van der Waals surface area contributed by atoms with E-state index in [4.69, 9.17) is 0 Å². The van der Waals surface area contributed by atoms with Crippen molar-refractivity contribution in [2.75, 3.05) is 33.7 Å². The van der Waals surface area contributed by atoms with Gasteiger partial charge in [-0.05, 0) is 140 Å². The number of aryl methyl sites for hydroxylation is 1. The maximum atomic E-state index is 15.1. The maximum absolute atomic E-state index is 15.1. The summed E-state index contributed by atoms with van der Waals surface area (Å²) in [7, 11) is 3.37. The van der Waals surface area contributed by atoms with E-state index in [1.165, 1.54) is 10.5 Å². The van der Waals surface area contributed by atoms with Crippen LogP contribution in [0.2, 0.25) is 0 Å². The highest BCUT2D eigenvalue weighted by atomic mass is 16.2. The Bertz CT molecular complexity index is 3110. The molecule has 8 atom stereocenters. The van der Waals surface area contributed by atoms with E-state index in [-0.39, 0.29) is 60.7 Å². The summed E-state index contributed by atoms with van der Waals surface area (Å²) < 4.78 is 0. The number of nitrogens with one attached hydrogen (secondary N) is 6. The number of carbonyl (C=O) groups is 7. The SMILES string of the molecule is CN[C@@H](C)C(=O)N[C@H](C(=O)N1Cc2ccccc2C[C@H]1CN(CCc1ccc2ccccc2c1)C(=O)c1ccc(C(=O)N[C@H]2C[C@@H](C(=O)N[C@@H]3CCCc4ccccc43)N(C(=O)[C@@H](NC(=O)[C@H](C)NC)C(C)(C)C)C2)cc1)C(C)(C)C. The Morgan fingerprint density at radius 2 is 1.21 bits per heavy atom. The summed E-state index contributed by atoms with van der Waals surface area (Å²) >= 11 is 0. The Hall–Kier alpha value is -7.43. The first-order valence-electron chi connectivity index (χ1n) is 28.7. The molecule has 16 nitrogen and oxygen atoms in total. The van der Waals surface area contributed by atoms with Gasteiger partial charge in [0.2, 0.25) is 29.5 Å². The lowest BCUT2D eigenvalue weighted by Gasteiger charge is -2.43. The van der Waals surface area contributed by atoms with Gasteiger partial charge in [-0.1, -0.05) is 133 Å². The summed E-state index contributed by atoms with van der Waals surface area (Å²) in [6, 6.07) is 31.8. The molecule has 1 fully saturated rings. The number of carbonyl (C=O) groups excluding carboxylic acids is 7. The minimum atomic E-state index is -0.976. The van der Waals surface area contributed by atoms with Crippen molar-refractivity contribution in [2.45, 2.75) is 149 Å². The lowest BCUT2D eigenvalue weighted by molar-refractivity contribution is -0.144. The minimum Gasteiger partial charge on any atom is -0.347 e. The molecule has 0 aromatic heterocycles. The molecule has 0 saturated carbocycles. The van der Waals surface area contributed by atoms with Gasteiger partial charge in [0.15, 0.2) is 0 Å². The fraction of sp³-hybridized carbons (Fsp3) is 0.462. The van der Waals surface area contributed by atoms with E-state index in [0.717, 1.165) is 52.3 Å². The van der Waals surface area contributed by atoms with Crippen molar-refractivity contribution in [1.29, 1.82) is 0 Å². The number of hydrogen-bond donors (Lipinski definition) is 6. The van der Waals surface area contributed by atoms with Crippen LogP contribution in [0.25, 0.3) is 10.8 Å². The smallest absolute Gasteiger partial charge is 0.253 e. The van der Waals surface area contributed by atoms with Crippen LogP contribution in [0, 0.1) is 10.8 Å². The maximum Gasteiger partial charge on any atom is 0.253 e. The molecule has 6 N–H and O–H groups in total. The Kier molecular flexibility index (Phi) is 18.8. The van der Waals surface area contributed by atoms with Crippen LogP contribution in [0.5, 0.6) is 0 Å². The zero-order valence-corrected chi connectivity index (χ0v) is 48.9. The predicted molar refractivity (Wildman–Crippen MR) is 316 cm³/mol. The molecule has 1 saturated heterocycles. The topological polar surface area (TPSA) is 201 Å². The van der Waals surface area contributed by atoms with Gasteiger partial charge in [-0.25, -0.2) is 0 Å². The van der Waals surface area contributed by atoms with Gasteiger partial charge >= 0.3 is 0 Å². The minimum absolute atomic E-state index is 0.0276. The number of hydrogen-bond acceptors (Lipinski definition) is 9. The molecule has 1 aliphatic carbocycles. The molecule has 0 unspecified atom stereocenters. The van der Waals surface area contributed by atoms with E-state index in [0.29, 0.717) is 31.5 Å². The van der Waals surface area contributed by atoms with Crippen molar-refractivity contribution < 1.29 is 33.6 Å². The summed E-state index contributed by atoms with van der Waals surface area (Å²) in [6.45, 7) is 15.7. The largest absolute Gasteiger partial charge is 0.347 e. The molecule has 0 bridgehead atoms. The van der Waals surface area contributed by atoms with Gasteiger partial charge in [0, 0.05) is 43.3 Å². The third-order valence-corrected chi connectivity index (χ3v) is 16.6. The van der Waals surface area contributed by atoms with E-state index < -0.39 is 64.9 Å². The zero-order valence-electron chi connectivity index (χ0n) is 48.9. The molecule has 0 spiro atoms. The summed E-state index contributed by atoms with van der Waals surface area (Å²) in [5.74, 6) is -2.34. The van der Waals surface area contributed by atoms with E-state index in [1.54, 1.807) is 57.1 Å². The molecule has 5 aromatic carbocycles. The van der Waals surface area contributed by atoms with E-state index in [9.17, 15) is 24.0 Å². The second kappa shape index (κ2) is 25.6. The molecule has 0 radical (unpaired) electrons. The quantitative estimate of drug-likeness (QED) is 0.0556. The van der Waals surface area contributed by atoms with Gasteiger partial charge in [-0.2, -0.15) is 0 Å². The van der Waals surface area contributed by atoms with E-state index in [1.807, 2.05) is 95.0 Å². The van der Waals surface area contributed by atoms with Gasteiger partial charge in [-0.15, -0.1) is 0 Å². The predicted octanol–water partition coefficient (Wildman–Crippen LogP) is 6.65. The third kappa shape index (κ3) is 14.2. The van der Waals surface area contributed by atoms with Crippen molar-refractivity contribution in [3.05, 3.63) is 154 Å². The Balaban J connectivity index is 1.05. The fourth-order valence-corrected chi connectivity index (χ4v) is 11.4. The first kappa shape index (κ1) is 59.7. The summed E-state index contributed by atoms with van der Waals surface area (Å²) in [6.07, 6.45) is 3.72. The van der Waals surface area contributed by atoms with Crippen LogP contribution < -0.4 is 31.9 Å². The molecule has 7 amide bonds. The second-order valence-corrected chi connectivity index (χ2v) is 24.6. The number of nitrogens with zero attached hydrogens (tertiary/aromatic N) is 3. The van der Waals surface area contributed by atoms with Crippen molar-refractivity contribution in [2.24, 2.45) is 10.8 Å². The number of amides is 7. The van der Waals surface area contributed by atoms with Crippen molar-refractivity contribution in [1.82, 2.24) is 46.6 Å². The Labute approximate surface area is 477 Å². The summed E-state index contributed by atoms with van der Waals surface area (Å²) in [5.41, 5.74) is 4.62. The number of likely N-dealkylation sites (tertiary alicyclic amines) is 1. The molecule has 2 aliphatic heterocycles. The summed E-state index contributed by atoms with van der Waals surface area (Å²) in [4.78, 5) is 105.